The van der Waals surface area contributed by atoms with Crippen LogP contribution in [-0.2, 0) is 21.1 Å². The molecule has 2 aliphatic heterocycles. The summed E-state index contributed by atoms with van der Waals surface area (Å²) in [6, 6.07) is 21.8. The van der Waals surface area contributed by atoms with Gasteiger partial charge >= 0.3 is 21.1 Å². The van der Waals surface area contributed by atoms with E-state index in [0.29, 0.717) is 17.8 Å². The maximum atomic E-state index is 6.25. The molecule has 0 radical (unpaired) electrons. The number of fused-ring (bicyclic) bond motifs is 1. The standard InChI is InChI=1S/C33H39N4.CN.Pt/c1-22(2)25-17-29(23(3)4)33(30(18-25)24(5)6)26-15-27(36-14-13-34(7)20-36)19-28(16-26)37-21-35(8)31-11-9-10-12-32(31)37;1-2;/h9-18,20-24H,1-8H3;;/q-3;-1;+4. The molecule has 6 heteroatoms. The molecule has 5 rings (SSSR count). The summed E-state index contributed by atoms with van der Waals surface area (Å²) in [5.74, 6) is 1.32. The van der Waals surface area contributed by atoms with Gasteiger partial charge in [-0.05, 0) is 78.6 Å². The SMILES string of the molecule is CC(C)c1cc(C(C)C)c(-c2cc(N3C=CN(C)[CH-]3)[c-]c(N3[CH-]N(C)c4ccccc43)c2)c(C(C)C)c1.[C-]#N.[Pt+4]. The van der Waals surface area contributed by atoms with Crippen LogP contribution in [0.15, 0.2) is 60.9 Å². The molecule has 0 amide bonds. The number of nitrogens with zero attached hydrogens (tertiary/aromatic N) is 5. The molecule has 0 aliphatic carbocycles. The zero-order chi connectivity index (χ0) is 28.4. The maximum absolute atomic E-state index is 6.25. The molecule has 0 bridgehead atoms. The number of anilines is 4. The summed E-state index contributed by atoms with van der Waals surface area (Å²) in [4.78, 5) is 8.67. The van der Waals surface area contributed by atoms with E-state index in [1.807, 2.05) is 0 Å². The molecule has 2 heterocycles. The van der Waals surface area contributed by atoms with E-state index in [0.717, 1.165) is 11.4 Å². The summed E-state index contributed by atoms with van der Waals surface area (Å²) >= 11 is 0. The van der Waals surface area contributed by atoms with Gasteiger partial charge in [-0.25, -0.2) is 0 Å². The van der Waals surface area contributed by atoms with Gasteiger partial charge < -0.3 is 31.4 Å². The molecule has 0 fully saturated rings. The van der Waals surface area contributed by atoms with Crippen LogP contribution in [0.4, 0.5) is 22.7 Å². The molecule has 40 heavy (non-hydrogen) atoms. The predicted molar refractivity (Wildman–Crippen MR) is 163 cm³/mol. The Balaban J connectivity index is 0.00000144. The van der Waals surface area contributed by atoms with E-state index in [2.05, 4.69) is 156 Å². The minimum atomic E-state index is 0. The molecule has 2 aliphatic rings. The van der Waals surface area contributed by atoms with Gasteiger partial charge in [-0.15, -0.1) is 35.1 Å². The Kier molecular flexibility index (Phi) is 10.1. The first-order valence-electron chi connectivity index (χ1n) is 13.6. The fraction of sp³-hybridized carbons (Fsp3) is 0.324. The second kappa shape index (κ2) is 13.0. The van der Waals surface area contributed by atoms with Crippen LogP contribution in [0.2, 0.25) is 0 Å². The molecule has 0 saturated heterocycles. The zero-order valence-electron chi connectivity index (χ0n) is 24.7. The molecule has 0 aromatic heterocycles. The summed E-state index contributed by atoms with van der Waals surface area (Å²) in [5, 5.41) is 6.25. The number of hydrogen-bond acceptors (Lipinski definition) is 5. The largest absolute Gasteiger partial charge is 4.00 e. The van der Waals surface area contributed by atoms with Crippen molar-refractivity contribution < 1.29 is 21.1 Å². The molecule has 0 atom stereocenters. The Hall–Kier alpha value is -3.22. The van der Waals surface area contributed by atoms with Crippen molar-refractivity contribution in [1.29, 1.82) is 5.26 Å². The van der Waals surface area contributed by atoms with E-state index in [4.69, 9.17) is 11.8 Å². The van der Waals surface area contributed by atoms with E-state index in [1.165, 1.54) is 39.2 Å². The first-order valence-corrected chi connectivity index (χ1v) is 13.6. The summed E-state index contributed by atoms with van der Waals surface area (Å²) in [6.07, 6.45) is 4.17. The number of para-hydroxylation sites is 2. The second-order valence-electron chi connectivity index (χ2n) is 11.2. The summed E-state index contributed by atoms with van der Waals surface area (Å²) < 4.78 is 0. The summed E-state index contributed by atoms with van der Waals surface area (Å²) in [7, 11) is 4.16. The molecular formula is C34H39N5Pt. The Bertz CT molecular complexity index is 1340. The molecule has 0 N–H and O–H groups in total. The van der Waals surface area contributed by atoms with Crippen LogP contribution in [-0.4, -0.2) is 19.0 Å². The van der Waals surface area contributed by atoms with Gasteiger partial charge in [0.2, 0.25) is 0 Å². The van der Waals surface area contributed by atoms with Crippen molar-refractivity contribution in [1.82, 2.24) is 4.90 Å². The minimum absolute atomic E-state index is 0. The van der Waals surface area contributed by atoms with Crippen molar-refractivity contribution in [3.63, 3.8) is 0 Å². The number of benzene rings is 3. The topological polar surface area (TPSA) is 36.8 Å². The normalized spacial score (nSPS) is 14.1. The van der Waals surface area contributed by atoms with E-state index < -0.39 is 0 Å². The molecule has 0 spiro atoms. The molecular weight excluding hydrogens is 673 g/mol. The van der Waals surface area contributed by atoms with E-state index in [1.54, 1.807) is 0 Å². The van der Waals surface area contributed by atoms with Crippen LogP contribution in [0.3, 0.4) is 0 Å². The quantitative estimate of drug-likeness (QED) is 0.239. The Morgan fingerprint density at radius 1 is 0.750 bits per heavy atom. The fourth-order valence-corrected chi connectivity index (χ4v) is 5.29. The Morgan fingerprint density at radius 2 is 1.32 bits per heavy atom. The van der Waals surface area contributed by atoms with Gasteiger partial charge in [0.15, 0.2) is 0 Å². The average Bonchev–Trinajstić information content (AvgIpc) is 3.52. The van der Waals surface area contributed by atoms with Crippen molar-refractivity contribution in [2.45, 2.75) is 59.3 Å². The second-order valence-corrected chi connectivity index (χ2v) is 11.2. The summed E-state index contributed by atoms with van der Waals surface area (Å²) in [5.41, 5.74) is 11.3. The molecule has 3 aromatic carbocycles. The van der Waals surface area contributed by atoms with Crippen molar-refractivity contribution in [3.8, 4) is 11.1 Å². The van der Waals surface area contributed by atoms with Gasteiger partial charge in [-0.3, -0.25) is 0 Å². The van der Waals surface area contributed by atoms with Gasteiger partial charge in [0.05, 0.1) is 0 Å². The third-order valence-corrected chi connectivity index (χ3v) is 7.38. The van der Waals surface area contributed by atoms with Crippen LogP contribution >= 0.6 is 0 Å². The van der Waals surface area contributed by atoms with Gasteiger partial charge in [0.25, 0.3) is 0 Å². The smallest absolute Gasteiger partial charge is 0.512 e. The number of hydrogen-bond donors (Lipinski definition) is 0. The maximum Gasteiger partial charge on any atom is 4.00 e. The van der Waals surface area contributed by atoms with E-state index >= 15 is 0 Å². The third-order valence-electron chi connectivity index (χ3n) is 7.38. The molecule has 210 valence electrons. The fourth-order valence-electron chi connectivity index (χ4n) is 5.29. The molecule has 3 aromatic rings. The molecule has 0 saturated carbocycles. The average molecular weight is 713 g/mol. The first kappa shape index (κ1) is 31.3. The zero-order valence-corrected chi connectivity index (χ0v) is 27.0. The van der Waals surface area contributed by atoms with Crippen LogP contribution in [0.1, 0.15) is 76.0 Å². The predicted octanol–water partition coefficient (Wildman–Crippen LogP) is 8.67. The van der Waals surface area contributed by atoms with Crippen molar-refractivity contribution in [3.05, 3.63) is 104 Å². The van der Waals surface area contributed by atoms with Crippen LogP contribution in [0.5, 0.6) is 0 Å². The monoisotopic (exact) mass is 712 g/mol. The van der Waals surface area contributed by atoms with Crippen LogP contribution < -0.4 is 14.7 Å². The van der Waals surface area contributed by atoms with Crippen molar-refractivity contribution in [2.75, 3.05) is 28.8 Å². The van der Waals surface area contributed by atoms with E-state index in [-0.39, 0.29) is 21.1 Å². The van der Waals surface area contributed by atoms with Gasteiger partial charge in [0, 0.05) is 11.4 Å². The summed E-state index contributed by atoms with van der Waals surface area (Å²) in [6.45, 7) is 22.9. The minimum Gasteiger partial charge on any atom is -0.512 e. The van der Waals surface area contributed by atoms with Crippen LogP contribution in [0, 0.1) is 31.2 Å². The molecule has 5 nitrogen and oxygen atoms in total. The number of rotatable bonds is 6. The van der Waals surface area contributed by atoms with Crippen molar-refractivity contribution >= 4 is 22.7 Å². The van der Waals surface area contributed by atoms with Gasteiger partial charge in [-0.1, -0.05) is 65.8 Å². The van der Waals surface area contributed by atoms with Crippen LogP contribution in [0.25, 0.3) is 11.1 Å². The molecule has 0 unspecified atom stereocenters. The van der Waals surface area contributed by atoms with Gasteiger partial charge in [-0.2, -0.15) is 13.3 Å². The Morgan fingerprint density at radius 3 is 1.85 bits per heavy atom. The van der Waals surface area contributed by atoms with Gasteiger partial charge in [0.1, 0.15) is 0 Å². The Labute approximate surface area is 256 Å². The first-order chi connectivity index (χ1) is 18.6. The van der Waals surface area contributed by atoms with Crippen molar-refractivity contribution in [2.24, 2.45) is 0 Å². The van der Waals surface area contributed by atoms with E-state index in [9.17, 15) is 0 Å². The third kappa shape index (κ3) is 6.08.